The summed E-state index contributed by atoms with van der Waals surface area (Å²) in [6, 6.07) is 14.7. The summed E-state index contributed by atoms with van der Waals surface area (Å²) < 4.78 is 5.36. The minimum atomic E-state index is -0.325. The standard InChI is InChI=1S/C18H20ClN3O2/c1-13(14-4-8-16(9-5-14)22(2)3)20-21-18(23)12-24-17-10-6-15(19)7-11-17/h4-11H,12H2,1-3H3,(H,21,23). The van der Waals surface area contributed by atoms with E-state index in [0.717, 1.165) is 17.0 Å². The summed E-state index contributed by atoms with van der Waals surface area (Å²) in [6.07, 6.45) is 0. The molecular weight excluding hydrogens is 326 g/mol. The Morgan fingerprint density at radius 1 is 1.12 bits per heavy atom. The molecule has 0 aliphatic rings. The Morgan fingerprint density at radius 2 is 1.75 bits per heavy atom. The topological polar surface area (TPSA) is 53.9 Å². The number of hydrogen-bond acceptors (Lipinski definition) is 4. The maximum absolute atomic E-state index is 11.8. The molecule has 2 aromatic carbocycles. The predicted octanol–water partition coefficient (Wildman–Crippen LogP) is 3.33. The molecule has 0 unspecified atom stereocenters. The second kappa shape index (κ2) is 8.36. The Morgan fingerprint density at radius 3 is 2.33 bits per heavy atom. The monoisotopic (exact) mass is 345 g/mol. The van der Waals surface area contributed by atoms with Gasteiger partial charge in [0, 0.05) is 24.8 Å². The molecule has 5 nitrogen and oxygen atoms in total. The molecule has 24 heavy (non-hydrogen) atoms. The lowest BCUT2D eigenvalue weighted by Crippen LogP contribution is -2.25. The maximum atomic E-state index is 11.8. The number of nitrogens with zero attached hydrogens (tertiary/aromatic N) is 2. The van der Waals surface area contributed by atoms with Crippen LogP contribution in [0.3, 0.4) is 0 Å². The average molecular weight is 346 g/mol. The number of rotatable bonds is 6. The number of nitrogens with one attached hydrogen (secondary N) is 1. The van der Waals surface area contributed by atoms with Gasteiger partial charge in [-0.1, -0.05) is 23.7 Å². The van der Waals surface area contributed by atoms with Gasteiger partial charge in [0.1, 0.15) is 5.75 Å². The Labute approximate surface area is 146 Å². The lowest BCUT2D eigenvalue weighted by Gasteiger charge is -2.12. The summed E-state index contributed by atoms with van der Waals surface area (Å²) in [5.41, 5.74) is 5.26. The SMILES string of the molecule is CC(=NNC(=O)COc1ccc(Cl)cc1)c1ccc(N(C)C)cc1. The van der Waals surface area contributed by atoms with Crippen LogP contribution >= 0.6 is 11.6 Å². The summed E-state index contributed by atoms with van der Waals surface area (Å²) in [5, 5.41) is 4.72. The second-order valence-corrected chi connectivity index (χ2v) is 5.85. The van der Waals surface area contributed by atoms with E-state index in [1.165, 1.54) is 0 Å². The largest absolute Gasteiger partial charge is 0.484 e. The van der Waals surface area contributed by atoms with Gasteiger partial charge < -0.3 is 9.64 Å². The van der Waals surface area contributed by atoms with Crippen LogP contribution < -0.4 is 15.1 Å². The van der Waals surface area contributed by atoms with Crippen LogP contribution in [0.25, 0.3) is 0 Å². The van der Waals surface area contributed by atoms with E-state index in [-0.39, 0.29) is 12.5 Å². The summed E-state index contributed by atoms with van der Waals surface area (Å²) in [5.74, 6) is 0.253. The molecule has 0 aliphatic carbocycles. The zero-order valence-corrected chi connectivity index (χ0v) is 14.7. The highest BCUT2D eigenvalue weighted by molar-refractivity contribution is 6.30. The number of benzene rings is 2. The molecule has 1 N–H and O–H groups in total. The molecule has 0 bridgehead atoms. The molecule has 126 valence electrons. The van der Waals surface area contributed by atoms with Crippen LogP contribution in [0.1, 0.15) is 12.5 Å². The van der Waals surface area contributed by atoms with Crippen LogP contribution in [0, 0.1) is 0 Å². The van der Waals surface area contributed by atoms with E-state index in [1.54, 1.807) is 24.3 Å². The van der Waals surface area contributed by atoms with Gasteiger partial charge in [0.2, 0.25) is 0 Å². The molecule has 2 rings (SSSR count). The highest BCUT2D eigenvalue weighted by Gasteiger charge is 2.04. The number of hydrazone groups is 1. The predicted molar refractivity (Wildman–Crippen MR) is 98.1 cm³/mol. The van der Waals surface area contributed by atoms with Crippen molar-refractivity contribution >= 4 is 28.9 Å². The van der Waals surface area contributed by atoms with Crippen molar-refractivity contribution in [2.75, 3.05) is 25.6 Å². The molecule has 0 saturated carbocycles. The lowest BCUT2D eigenvalue weighted by atomic mass is 10.1. The fourth-order valence-electron chi connectivity index (χ4n) is 1.92. The van der Waals surface area contributed by atoms with Gasteiger partial charge in [0.15, 0.2) is 6.61 Å². The van der Waals surface area contributed by atoms with Gasteiger partial charge in [0.25, 0.3) is 5.91 Å². The first-order valence-corrected chi connectivity index (χ1v) is 7.83. The van der Waals surface area contributed by atoms with E-state index in [0.29, 0.717) is 10.8 Å². The molecule has 0 atom stereocenters. The van der Waals surface area contributed by atoms with Gasteiger partial charge in [-0.3, -0.25) is 4.79 Å². The lowest BCUT2D eigenvalue weighted by molar-refractivity contribution is -0.123. The van der Waals surface area contributed by atoms with Gasteiger partial charge >= 0.3 is 0 Å². The zero-order valence-electron chi connectivity index (χ0n) is 13.9. The van der Waals surface area contributed by atoms with Crippen molar-refractivity contribution in [1.29, 1.82) is 0 Å². The molecular formula is C18H20ClN3O2. The van der Waals surface area contributed by atoms with Crippen molar-refractivity contribution in [3.8, 4) is 5.75 Å². The summed E-state index contributed by atoms with van der Waals surface area (Å²) >= 11 is 5.79. The number of ether oxygens (including phenoxy) is 1. The summed E-state index contributed by atoms with van der Waals surface area (Å²) in [6.45, 7) is 1.73. The van der Waals surface area contributed by atoms with Crippen molar-refractivity contribution in [3.05, 3.63) is 59.1 Å². The molecule has 0 aliphatic heterocycles. The minimum Gasteiger partial charge on any atom is -0.484 e. The molecule has 0 fully saturated rings. The summed E-state index contributed by atoms with van der Waals surface area (Å²) in [4.78, 5) is 13.8. The third kappa shape index (κ3) is 5.28. The van der Waals surface area contributed by atoms with Crippen molar-refractivity contribution in [2.45, 2.75) is 6.92 Å². The summed E-state index contributed by atoms with van der Waals surface area (Å²) in [7, 11) is 3.97. The number of hydrogen-bond donors (Lipinski definition) is 1. The van der Waals surface area contributed by atoms with Crippen molar-refractivity contribution in [1.82, 2.24) is 5.43 Å². The van der Waals surface area contributed by atoms with E-state index < -0.39 is 0 Å². The molecule has 0 spiro atoms. The highest BCUT2D eigenvalue weighted by Crippen LogP contribution is 2.15. The number of halogens is 1. The van der Waals surface area contributed by atoms with Gasteiger partial charge in [-0.25, -0.2) is 5.43 Å². The molecule has 0 aromatic heterocycles. The first-order chi connectivity index (χ1) is 11.5. The Kier molecular flexibility index (Phi) is 6.21. The quantitative estimate of drug-likeness (QED) is 0.645. The average Bonchev–Trinajstić information content (AvgIpc) is 2.59. The Bertz CT molecular complexity index is 710. The fraction of sp³-hybridized carbons (Fsp3) is 0.222. The Hall–Kier alpha value is -2.53. The van der Waals surface area contributed by atoms with Gasteiger partial charge in [-0.15, -0.1) is 0 Å². The third-order valence-electron chi connectivity index (χ3n) is 3.33. The molecule has 6 heteroatoms. The van der Waals surface area contributed by atoms with E-state index in [4.69, 9.17) is 16.3 Å². The molecule has 0 saturated heterocycles. The van der Waals surface area contributed by atoms with Crippen molar-refractivity contribution in [2.24, 2.45) is 5.10 Å². The smallest absolute Gasteiger partial charge is 0.277 e. The van der Waals surface area contributed by atoms with E-state index in [2.05, 4.69) is 10.5 Å². The van der Waals surface area contributed by atoms with E-state index >= 15 is 0 Å². The maximum Gasteiger partial charge on any atom is 0.277 e. The van der Waals surface area contributed by atoms with E-state index in [1.807, 2.05) is 50.2 Å². The Balaban J connectivity index is 1.86. The van der Waals surface area contributed by atoms with Gasteiger partial charge in [-0.2, -0.15) is 5.10 Å². The van der Waals surface area contributed by atoms with Crippen molar-refractivity contribution < 1.29 is 9.53 Å². The van der Waals surface area contributed by atoms with Crippen molar-refractivity contribution in [3.63, 3.8) is 0 Å². The molecule has 1 amide bonds. The number of anilines is 1. The normalized spacial score (nSPS) is 11.1. The van der Waals surface area contributed by atoms with Crippen LogP contribution in [0.2, 0.25) is 5.02 Å². The molecule has 0 heterocycles. The number of amides is 1. The fourth-order valence-corrected chi connectivity index (χ4v) is 2.05. The minimum absolute atomic E-state index is 0.113. The van der Waals surface area contributed by atoms with Crippen LogP contribution in [-0.2, 0) is 4.79 Å². The number of carbonyl (C=O) groups is 1. The van der Waals surface area contributed by atoms with Crippen LogP contribution in [-0.4, -0.2) is 32.3 Å². The van der Waals surface area contributed by atoms with Crippen LogP contribution in [0.4, 0.5) is 5.69 Å². The second-order valence-electron chi connectivity index (χ2n) is 5.42. The number of carbonyl (C=O) groups excluding carboxylic acids is 1. The third-order valence-corrected chi connectivity index (χ3v) is 3.59. The first kappa shape index (κ1) is 17.8. The van der Waals surface area contributed by atoms with Crippen LogP contribution in [0.15, 0.2) is 53.6 Å². The van der Waals surface area contributed by atoms with E-state index in [9.17, 15) is 4.79 Å². The zero-order chi connectivity index (χ0) is 17.5. The molecule has 0 radical (unpaired) electrons. The van der Waals surface area contributed by atoms with Gasteiger partial charge in [0.05, 0.1) is 5.71 Å². The van der Waals surface area contributed by atoms with Crippen LogP contribution in [0.5, 0.6) is 5.75 Å². The first-order valence-electron chi connectivity index (χ1n) is 7.45. The highest BCUT2D eigenvalue weighted by atomic mass is 35.5. The molecule has 2 aromatic rings. The van der Waals surface area contributed by atoms with Gasteiger partial charge in [-0.05, 0) is 48.9 Å².